The molecule has 1 aliphatic rings. The van der Waals surface area contributed by atoms with Gasteiger partial charge in [-0.1, -0.05) is 34.1 Å². The maximum absolute atomic E-state index is 9.10. The van der Waals surface area contributed by atoms with Gasteiger partial charge in [-0.3, -0.25) is 0 Å². The predicted molar refractivity (Wildman–Crippen MR) is 54.3 cm³/mol. The normalized spacial score (nSPS) is 18.8. The number of nitrogens with one attached hydrogen (secondary N) is 1. The maximum atomic E-state index is 9.10. The van der Waals surface area contributed by atoms with Crippen molar-refractivity contribution in [3.05, 3.63) is 34.3 Å². The van der Waals surface area contributed by atoms with E-state index in [1.54, 1.807) is 0 Å². The van der Waals surface area contributed by atoms with Gasteiger partial charge in [0.05, 0.1) is 6.07 Å². The minimum atomic E-state index is -0.305. The zero-order valence-electron chi connectivity index (χ0n) is 7.05. The van der Waals surface area contributed by atoms with E-state index in [9.17, 15) is 0 Å². The van der Waals surface area contributed by atoms with Crippen molar-refractivity contribution in [3.8, 4) is 6.07 Å². The van der Waals surface area contributed by atoms with Gasteiger partial charge in [0, 0.05) is 17.6 Å². The summed E-state index contributed by atoms with van der Waals surface area (Å²) in [6.45, 7) is 1.51. The fourth-order valence-electron chi connectivity index (χ4n) is 1.55. The van der Waals surface area contributed by atoms with Crippen LogP contribution in [-0.4, -0.2) is 13.1 Å². The van der Waals surface area contributed by atoms with Crippen molar-refractivity contribution in [1.29, 1.82) is 5.26 Å². The zero-order chi connectivity index (χ0) is 9.31. The SMILES string of the molecule is N#CC1(c2ccccc2Br)CNC1. The van der Waals surface area contributed by atoms with Gasteiger partial charge in [-0.25, -0.2) is 0 Å². The molecule has 0 radical (unpaired) electrons. The van der Waals surface area contributed by atoms with Gasteiger partial charge in [0.15, 0.2) is 0 Å². The molecule has 0 unspecified atom stereocenters. The Kier molecular flexibility index (Phi) is 2.10. The second kappa shape index (κ2) is 3.13. The highest BCUT2D eigenvalue weighted by atomic mass is 79.9. The molecule has 2 rings (SSSR count). The second-order valence-corrected chi connectivity index (χ2v) is 4.13. The van der Waals surface area contributed by atoms with Gasteiger partial charge in [0.2, 0.25) is 0 Å². The lowest BCUT2D eigenvalue weighted by Gasteiger charge is -2.37. The molecule has 66 valence electrons. The van der Waals surface area contributed by atoms with Gasteiger partial charge in [-0.05, 0) is 11.6 Å². The Morgan fingerprint density at radius 1 is 1.38 bits per heavy atom. The van der Waals surface area contributed by atoms with Gasteiger partial charge < -0.3 is 5.32 Å². The Labute approximate surface area is 85.7 Å². The molecule has 1 aliphatic heterocycles. The summed E-state index contributed by atoms with van der Waals surface area (Å²) in [4.78, 5) is 0. The molecular formula is C10H9BrN2. The summed E-state index contributed by atoms with van der Waals surface area (Å²) < 4.78 is 1.03. The average Bonchev–Trinajstić information content (AvgIpc) is 2.07. The van der Waals surface area contributed by atoms with Crippen molar-refractivity contribution in [1.82, 2.24) is 5.32 Å². The smallest absolute Gasteiger partial charge is 0.108 e. The zero-order valence-corrected chi connectivity index (χ0v) is 8.63. The highest BCUT2D eigenvalue weighted by Crippen LogP contribution is 2.32. The number of hydrogen-bond acceptors (Lipinski definition) is 2. The Morgan fingerprint density at radius 3 is 2.54 bits per heavy atom. The third-order valence-electron chi connectivity index (χ3n) is 2.46. The Hall–Kier alpha value is -0.850. The van der Waals surface area contributed by atoms with E-state index in [0.29, 0.717) is 0 Å². The van der Waals surface area contributed by atoms with Crippen LogP contribution in [0.1, 0.15) is 5.56 Å². The Morgan fingerprint density at radius 2 is 2.08 bits per heavy atom. The molecule has 1 heterocycles. The summed E-state index contributed by atoms with van der Waals surface area (Å²) in [6.07, 6.45) is 0. The van der Waals surface area contributed by atoms with Gasteiger partial charge >= 0.3 is 0 Å². The van der Waals surface area contributed by atoms with Crippen molar-refractivity contribution in [2.24, 2.45) is 0 Å². The van der Waals surface area contributed by atoms with Crippen LogP contribution in [0.3, 0.4) is 0 Å². The van der Waals surface area contributed by atoms with Gasteiger partial charge in [0.1, 0.15) is 5.41 Å². The van der Waals surface area contributed by atoms with E-state index in [2.05, 4.69) is 27.3 Å². The van der Waals surface area contributed by atoms with Crippen molar-refractivity contribution in [2.75, 3.05) is 13.1 Å². The summed E-state index contributed by atoms with van der Waals surface area (Å²) in [6, 6.07) is 10.3. The third-order valence-corrected chi connectivity index (χ3v) is 3.15. The number of halogens is 1. The second-order valence-electron chi connectivity index (χ2n) is 3.28. The Bertz CT molecular complexity index is 363. The first-order valence-corrected chi connectivity index (χ1v) is 4.95. The van der Waals surface area contributed by atoms with E-state index in [0.717, 1.165) is 23.1 Å². The lowest BCUT2D eigenvalue weighted by atomic mass is 9.77. The highest BCUT2D eigenvalue weighted by molar-refractivity contribution is 9.10. The highest BCUT2D eigenvalue weighted by Gasteiger charge is 2.40. The third kappa shape index (κ3) is 1.27. The topological polar surface area (TPSA) is 35.8 Å². The molecule has 0 saturated carbocycles. The molecule has 1 N–H and O–H groups in total. The number of rotatable bonds is 1. The molecule has 13 heavy (non-hydrogen) atoms. The molecule has 0 aromatic heterocycles. The van der Waals surface area contributed by atoms with Crippen LogP contribution in [0.2, 0.25) is 0 Å². The molecule has 1 saturated heterocycles. The molecule has 1 aromatic carbocycles. The fraction of sp³-hybridized carbons (Fsp3) is 0.300. The first kappa shape index (κ1) is 8.74. The van der Waals surface area contributed by atoms with Crippen LogP contribution in [0, 0.1) is 11.3 Å². The fourth-order valence-corrected chi connectivity index (χ4v) is 2.22. The minimum Gasteiger partial charge on any atom is -0.313 e. The van der Waals surface area contributed by atoms with E-state index < -0.39 is 0 Å². The van der Waals surface area contributed by atoms with Gasteiger partial charge in [-0.2, -0.15) is 5.26 Å². The number of hydrogen-bond donors (Lipinski definition) is 1. The van der Waals surface area contributed by atoms with E-state index in [1.165, 1.54) is 0 Å². The summed E-state index contributed by atoms with van der Waals surface area (Å²) in [5, 5.41) is 12.2. The summed E-state index contributed by atoms with van der Waals surface area (Å²) in [5.41, 5.74) is 0.788. The lowest BCUT2D eigenvalue weighted by Crippen LogP contribution is -2.56. The van der Waals surface area contributed by atoms with Crippen LogP contribution in [0.4, 0.5) is 0 Å². The van der Waals surface area contributed by atoms with Crippen LogP contribution in [0.5, 0.6) is 0 Å². The van der Waals surface area contributed by atoms with Crippen LogP contribution in [0.25, 0.3) is 0 Å². The molecule has 0 aliphatic carbocycles. The quantitative estimate of drug-likeness (QED) is 0.808. The first-order chi connectivity index (χ1) is 6.28. The van der Waals surface area contributed by atoms with Crippen molar-refractivity contribution in [3.63, 3.8) is 0 Å². The number of nitriles is 1. The average molecular weight is 237 g/mol. The molecular weight excluding hydrogens is 228 g/mol. The van der Waals surface area contributed by atoms with Crippen molar-refractivity contribution >= 4 is 15.9 Å². The molecule has 1 aromatic rings. The van der Waals surface area contributed by atoms with Crippen molar-refractivity contribution in [2.45, 2.75) is 5.41 Å². The molecule has 0 atom stereocenters. The molecule has 0 bridgehead atoms. The maximum Gasteiger partial charge on any atom is 0.108 e. The van der Waals surface area contributed by atoms with E-state index in [1.807, 2.05) is 24.3 Å². The lowest BCUT2D eigenvalue weighted by molar-refractivity contribution is 0.355. The van der Waals surface area contributed by atoms with Crippen molar-refractivity contribution < 1.29 is 0 Å². The molecule has 0 spiro atoms. The molecule has 0 amide bonds. The predicted octanol–water partition coefficient (Wildman–Crippen LogP) is 1.81. The summed E-state index contributed by atoms with van der Waals surface area (Å²) >= 11 is 3.47. The molecule has 3 heteroatoms. The number of nitrogens with zero attached hydrogens (tertiary/aromatic N) is 1. The van der Waals surface area contributed by atoms with E-state index in [-0.39, 0.29) is 5.41 Å². The van der Waals surface area contributed by atoms with Gasteiger partial charge in [0.25, 0.3) is 0 Å². The Balaban J connectivity index is 2.46. The van der Waals surface area contributed by atoms with Crippen LogP contribution in [0.15, 0.2) is 28.7 Å². The first-order valence-electron chi connectivity index (χ1n) is 4.15. The van der Waals surface area contributed by atoms with Crippen LogP contribution in [-0.2, 0) is 5.41 Å². The number of benzene rings is 1. The standard InChI is InChI=1S/C10H9BrN2/c11-9-4-2-1-3-8(9)10(5-12)6-13-7-10/h1-4,13H,6-7H2. The van der Waals surface area contributed by atoms with E-state index in [4.69, 9.17) is 5.26 Å². The molecule has 2 nitrogen and oxygen atoms in total. The van der Waals surface area contributed by atoms with Crippen LogP contribution >= 0.6 is 15.9 Å². The van der Waals surface area contributed by atoms with Crippen LogP contribution < -0.4 is 5.32 Å². The summed E-state index contributed by atoms with van der Waals surface area (Å²) in [5.74, 6) is 0. The van der Waals surface area contributed by atoms with E-state index >= 15 is 0 Å². The monoisotopic (exact) mass is 236 g/mol. The largest absolute Gasteiger partial charge is 0.313 e. The summed E-state index contributed by atoms with van der Waals surface area (Å²) in [7, 11) is 0. The molecule has 1 fully saturated rings. The minimum absolute atomic E-state index is 0.305. The van der Waals surface area contributed by atoms with Gasteiger partial charge in [-0.15, -0.1) is 0 Å².